The molecule has 0 spiro atoms. The SMILES string of the molecule is COCC(C)N1CCNC(C)C1. The third-order valence-electron chi connectivity index (χ3n) is 2.43. The molecule has 0 aromatic heterocycles. The Kier molecular flexibility index (Phi) is 3.98. The van der Waals surface area contributed by atoms with Crippen molar-refractivity contribution < 1.29 is 4.74 Å². The van der Waals surface area contributed by atoms with Gasteiger partial charge in [-0.3, -0.25) is 4.90 Å². The van der Waals surface area contributed by atoms with Gasteiger partial charge in [0.2, 0.25) is 0 Å². The van der Waals surface area contributed by atoms with Crippen molar-refractivity contribution in [1.29, 1.82) is 0 Å². The minimum absolute atomic E-state index is 0.555. The summed E-state index contributed by atoms with van der Waals surface area (Å²) in [4.78, 5) is 2.48. The van der Waals surface area contributed by atoms with Crippen LogP contribution in [0.5, 0.6) is 0 Å². The lowest BCUT2D eigenvalue weighted by molar-refractivity contribution is 0.0808. The molecule has 1 saturated heterocycles. The Bertz CT molecular complexity index is 130. The number of ether oxygens (including phenoxy) is 1. The second kappa shape index (κ2) is 4.80. The molecule has 1 heterocycles. The lowest BCUT2D eigenvalue weighted by Gasteiger charge is -2.35. The van der Waals surface area contributed by atoms with Gasteiger partial charge in [-0.25, -0.2) is 0 Å². The maximum absolute atomic E-state index is 5.13. The van der Waals surface area contributed by atoms with Crippen molar-refractivity contribution in [2.75, 3.05) is 33.4 Å². The van der Waals surface area contributed by atoms with E-state index in [1.165, 1.54) is 0 Å². The highest BCUT2D eigenvalue weighted by molar-refractivity contribution is 4.78. The normalized spacial score (nSPS) is 28.8. The molecule has 1 N–H and O–H groups in total. The fourth-order valence-corrected chi connectivity index (χ4v) is 1.71. The molecule has 0 amide bonds. The van der Waals surface area contributed by atoms with Crippen LogP contribution in [0, 0.1) is 0 Å². The zero-order valence-electron chi connectivity index (χ0n) is 8.34. The van der Waals surface area contributed by atoms with Gasteiger partial charge in [0.15, 0.2) is 0 Å². The third kappa shape index (κ3) is 2.73. The smallest absolute Gasteiger partial charge is 0.0615 e. The van der Waals surface area contributed by atoms with Crippen LogP contribution in [-0.2, 0) is 4.74 Å². The van der Waals surface area contributed by atoms with Crippen LogP contribution in [0.1, 0.15) is 13.8 Å². The predicted molar refractivity (Wildman–Crippen MR) is 50.4 cm³/mol. The highest BCUT2D eigenvalue weighted by atomic mass is 16.5. The molecule has 12 heavy (non-hydrogen) atoms. The first-order valence-corrected chi connectivity index (χ1v) is 4.70. The van der Waals surface area contributed by atoms with Crippen molar-refractivity contribution in [3.63, 3.8) is 0 Å². The number of methoxy groups -OCH3 is 1. The second-order valence-electron chi connectivity index (χ2n) is 3.65. The van der Waals surface area contributed by atoms with Crippen molar-refractivity contribution in [2.24, 2.45) is 0 Å². The molecule has 0 radical (unpaired) electrons. The maximum Gasteiger partial charge on any atom is 0.0615 e. The van der Waals surface area contributed by atoms with Crippen LogP contribution in [0.2, 0.25) is 0 Å². The fourth-order valence-electron chi connectivity index (χ4n) is 1.71. The van der Waals surface area contributed by atoms with Gasteiger partial charge in [0.05, 0.1) is 6.61 Å². The Morgan fingerprint density at radius 1 is 1.67 bits per heavy atom. The molecule has 1 fully saturated rings. The lowest BCUT2D eigenvalue weighted by atomic mass is 10.2. The van der Waals surface area contributed by atoms with Crippen molar-refractivity contribution in [1.82, 2.24) is 10.2 Å². The van der Waals surface area contributed by atoms with E-state index in [0.29, 0.717) is 12.1 Å². The van der Waals surface area contributed by atoms with Crippen LogP contribution in [0.15, 0.2) is 0 Å². The molecule has 0 aromatic carbocycles. The highest BCUT2D eigenvalue weighted by Gasteiger charge is 2.19. The Morgan fingerprint density at radius 2 is 2.42 bits per heavy atom. The standard InChI is InChI=1S/C9H20N2O/c1-8-6-11(5-4-10-8)9(2)7-12-3/h8-10H,4-7H2,1-3H3. The Balaban J connectivity index is 2.29. The predicted octanol–water partition coefficient (Wildman–Crippen LogP) is 0.315. The number of nitrogens with one attached hydrogen (secondary N) is 1. The molecule has 0 aliphatic carbocycles. The van der Waals surface area contributed by atoms with Gasteiger partial charge in [0.25, 0.3) is 0 Å². The summed E-state index contributed by atoms with van der Waals surface area (Å²) >= 11 is 0. The first kappa shape index (κ1) is 9.96. The molecule has 0 aromatic rings. The largest absolute Gasteiger partial charge is 0.383 e. The van der Waals surface area contributed by atoms with E-state index in [9.17, 15) is 0 Å². The molecule has 72 valence electrons. The van der Waals surface area contributed by atoms with Gasteiger partial charge < -0.3 is 10.1 Å². The van der Waals surface area contributed by atoms with Gasteiger partial charge in [-0.15, -0.1) is 0 Å². The van der Waals surface area contributed by atoms with Crippen molar-refractivity contribution >= 4 is 0 Å². The monoisotopic (exact) mass is 172 g/mol. The van der Waals surface area contributed by atoms with E-state index in [2.05, 4.69) is 24.1 Å². The quantitative estimate of drug-likeness (QED) is 0.663. The molecule has 0 saturated carbocycles. The van der Waals surface area contributed by atoms with Gasteiger partial charge in [0.1, 0.15) is 0 Å². The zero-order valence-corrected chi connectivity index (χ0v) is 8.34. The van der Waals surface area contributed by atoms with Crippen LogP contribution in [0.25, 0.3) is 0 Å². The van der Waals surface area contributed by atoms with Crippen molar-refractivity contribution in [3.8, 4) is 0 Å². The number of nitrogens with zero attached hydrogens (tertiary/aromatic N) is 1. The molecule has 0 bridgehead atoms. The molecule has 2 atom stereocenters. The second-order valence-corrected chi connectivity index (χ2v) is 3.65. The molecule has 1 rings (SSSR count). The lowest BCUT2D eigenvalue weighted by Crippen LogP contribution is -2.53. The minimum atomic E-state index is 0.555. The molecule has 3 nitrogen and oxygen atoms in total. The summed E-state index contributed by atoms with van der Waals surface area (Å²) in [5, 5.41) is 3.43. The molecule has 1 aliphatic heterocycles. The van der Waals surface area contributed by atoms with E-state index in [0.717, 1.165) is 26.2 Å². The maximum atomic E-state index is 5.13. The van der Waals surface area contributed by atoms with Gasteiger partial charge in [-0.1, -0.05) is 0 Å². The Morgan fingerprint density at radius 3 is 3.00 bits per heavy atom. The summed E-state index contributed by atoms with van der Waals surface area (Å²) in [6.07, 6.45) is 0. The first-order chi connectivity index (χ1) is 5.74. The van der Waals surface area contributed by atoms with E-state index in [1.54, 1.807) is 7.11 Å². The first-order valence-electron chi connectivity index (χ1n) is 4.70. The summed E-state index contributed by atoms with van der Waals surface area (Å²) in [5.74, 6) is 0. The van der Waals surface area contributed by atoms with Crippen LogP contribution >= 0.6 is 0 Å². The van der Waals surface area contributed by atoms with E-state index >= 15 is 0 Å². The third-order valence-corrected chi connectivity index (χ3v) is 2.43. The molecule has 1 aliphatic rings. The number of rotatable bonds is 3. The summed E-state index contributed by atoms with van der Waals surface area (Å²) in [6, 6.07) is 1.18. The summed E-state index contributed by atoms with van der Waals surface area (Å²) in [6.45, 7) is 8.69. The molecule has 3 heteroatoms. The number of piperazine rings is 1. The topological polar surface area (TPSA) is 24.5 Å². The summed E-state index contributed by atoms with van der Waals surface area (Å²) in [5.41, 5.74) is 0. The Hall–Kier alpha value is -0.120. The van der Waals surface area contributed by atoms with E-state index in [1.807, 2.05) is 0 Å². The van der Waals surface area contributed by atoms with Crippen LogP contribution in [-0.4, -0.2) is 50.3 Å². The van der Waals surface area contributed by atoms with Gasteiger partial charge >= 0.3 is 0 Å². The fraction of sp³-hybridized carbons (Fsp3) is 1.00. The number of hydrogen-bond donors (Lipinski definition) is 1. The highest BCUT2D eigenvalue weighted by Crippen LogP contribution is 2.04. The van der Waals surface area contributed by atoms with Gasteiger partial charge in [-0.05, 0) is 13.8 Å². The molecular formula is C9H20N2O. The van der Waals surface area contributed by atoms with Crippen LogP contribution in [0.3, 0.4) is 0 Å². The van der Waals surface area contributed by atoms with E-state index in [4.69, 9.17) is 4.74 Å². The zero-order chi connectivity index (χ0) is 8.97. The summed E-state index contributed by atoms with van der Waals surface area (Å²) < 4.78 is 5.13. The van der Waals surface area contributed by atoms with Crippen LogP contribution < -0.4 is 5.32 Å². The van der Waals surface area contributed by atoms with Crippen LogP contribution in [0.4, 0.5) is 0 Å². The van der Waals surface area contributed by atoms with Gasteiger partial charge in [0, 0.05) is 38.8 Å². The average molecular weight is 172 g/mol. The average Bonchev–Trinajstić information content (AvgIpc) is 2.05. The number of hydrogen-bond acceptors (Lipinski definition) is 3. The van der Waals surface area contributed by atoms with Gasteiger partial charge in [-0.2, -0.15) is 0 Å². The minimum Gasteiger partial charge on any atom is -0.383 e. The van der Waals surface area contributed by atoms with Crippen molar-refractivity contribution in [2.45, 2.75) is 25.9 Å². The van der Waals surface area contributed by atoms with E-state index in [-0.39, 0.29) is 0 Å². The molecular weight excluding hydrogens is 152 g/mol. The molecule has 2 unspecified atom stereocenters. The van der Waals surface area contributed by atoms with E-state index < -0.39 is 0 Å². The summed E-state index contributed by atoms with van der Waals surface area (Å²) in [7, 11) is 1.77. The van der Waals surface area contributed by atoms with Crippen molar-refractivity contribution in [3.05, 3.63) is 0 Å². The Labute approximate surface area is 75.1 Å².